The second-order valence-corrected chi connectivity index (χ2v) is 5.64. The van der Waals surface area contributed by atoms with Crippen molar-refractivity contribution in [3.05, 3.63) is 23.7 Å². The average molecular weight is 277 g/mol. The van der Waals surface area contributed by atoms with Crippen LogP contribution in [0.4, 0.5) is 0 Å². The summed E-state index contributed by atoms with van der Waals surface area (Å²) < 4.78 is 16.3. The first-order valence-corrected chi connectivity index (χ1v) is 6.85. The first-order chi connectivity index (χ1) is 9.56. The fourth-order valence-corrected chi connectivity index (χ4v) is 2.03. The second-order valence-electron chi connectivity index (χ2n) is 5.64. The Morgan fingerprint density at radius 2 is 2.30 bits per heavy atom. The zero-order valence-electron chi connectivity index (χ0n) is 11.8. The third kappa shape index (κ3) is 2.48. The SMILES string of the molecule is Cc1ccoc1-c1nc(C(C)(N)COC2CCC2)no1. The van der Waals surface area contributed by atoms with Gasteiger partial charge in [-0.3, -0.25) is 0 Å². The summed E-state index contributed by atoms with van der Waals surface area (Å²) in [7, 11) is 0. The van der Waals surface area contributed by atoms with E-state index in [0.29, 0.717) is 30.2 Å². The number of ether oxygens (including phenoxy) is 1. The minimum Gasteiger partial charge on any atom is -0.459 e. The van der Waals surface area contributed by atoms with Crippen LogP contribution in [0, 0.1) is 6.92 Å². The van der Waals surface area contributed by atoms with Crippen LogP contribution in [0.3, 0.4) is 0 Å². The van der Waals surface area contributed by atoms with Crippen LogP contribution < -0.4 is 5.73 Å². The Morgan fingerprint density at radius 1 is 1.50 bits per heavy atom. The summed E-state index contributed by atoms with van der Waals surface area (Å²) >= 11 is 0. The lowest BCUT2D eigenvalue weighted by Crippen LogP contribution is -2.41. The van der Waals surface area contributed by atoms with Gasteiger partial charge in [0.25, 0.3) is 5.89 Å². The molecule has 0 aromatic carbocycles. The van der Waals surface area contributed by atoms with E-state index in [-0.39, 0.29) is 0 Å². The average Bonchev–Trinajstić information content (AvgIpc) is 2.94. The minimum absolute atomic E-state index is 0.330. The van der Waals surface area contributed by atoms with Gasteiger partial charge in [-0.05, 0) is 39.2 Å². The van der Waals surface area contributed by atoms with Crippen molar-refractivity contribution in [2.45, 2.75) is 44.8 Å². The van der Waals surface area contributed by atoms with E-state index in [1.54, 1.807) is 6.26 Å². The van der Waals surface area contributed by atoms with Gasteiger partial charge >= 0.3 is 0 Å². The molecule has 1 fully saturated rings. The topological polar surface area (TPSA) is 87.3 Å². The molecule has 20 heavy (non-hydrogen) atoms. The van der Waals surface area contributed by atoms with E-state index in [0.717, 1.165) is 18.4 Å². The zero-order valence-corrected chi connectivity index (χ0v) is 11.8. The van der Waals surface area contributed by atoms with Crippen molar-refractivity contribution in [3.63, 3.8) is 0 Å². The van der Waals surface area contributed by atoms with Crippen LogP contribution in [0.15, 0.2) is 21.3 Å². The third-order valence-electron chi connectivity index (χ3n) is 3.66. The van der Waals surface area contributed by atoms with Gasteiger partial charge in [-0.15, -0.1) is 0 Å². The van der Waals surface area contributed by atoms with Gasteiger partial charge in [0, 0.05) is 5.56 Å². The van der Waals surface area contributed by atoms with E-state index in [4.69, 9.17) is 19.4 Å². The van der Waals surface area contributed by atoms with Crippen LogP contribution in [-0.2, 0) is 10.3 Å². The first kappa shape index (κ1) is 13.3. The van der Waals surface area contributed by atoms with Crippen LogP contribution in [0.25, 0.3) is 11.7 Å². The van der Waals surface area contributed by atoms with Gasteiger partial charge in [-0.1, -0.05) is 5.16 Å². The molecule has 0 aliphatic heterocycles. The van der Waals surface area contributed by atoms with Gasteiger partial charge in [0.15, 0.2) is 11.6 Å². The number of hydrogen-bond acceptors (Lipinski definition) is 6. The fraction of sp³-hybridized carbons (Fsp3) is 0.571. The lowest BCUT2D eigenvalue weighted by molar-refractivity contribution is -0.0222. The molecule has 0 bridgehead atoms. The van der Waals surface area contributed by atoms with Crippen LogP contribution in [-0.4, -0.2) is 22.9 Å². The molecule has 0 saturated heterocycles. The highest BCUT2D eigenvalue weighted by Gasteiger charge is 2.31. The lowest BCUT2D eigenvalue weighted by Gasteiger charge is -2.29. The predicted octanol–water partition coefficient (Wildman–Crippen LogP) is 2.38. The van der Waals surface area contributed by atoms with Gasteiger partial charge in [0.2, 0.25) is 0 Å². The number of nitrogens with zero attached hydrogens (tertiary/aromatic N) is 2. The van der Waals surface area contributed by atoms with Crippen molar-refractivity contribution < 1.29 is 13.7 Å². The molecule has 0 radical (unpaired) electrons. The number of rotatable bonds is 5. The smallest absolute Gasteiger partial charge is 0.293 e. The van der Waals surface area contributed by atoms with Crippen LogP contribution in [0.5, 0.6) is 0 Å². The maximum atomic E-state index is 6.23. The summed E-state index contributed by atoms with van der Waals surface area (Å²) in [6.45, 7) is 4.15. The Bertz CT molecular complexity index is 584. The van der Waals surface area contributed by atoms with Gasteiger partial charge in [-0.2, -0.15) is 4.98 Å². The molecule has 2 aromatic heterocycles. The molecule has 2 heterocycles. The number of aromatic nitrogens is 2. The number of furan rings is 1. The van der Waals surface area contributed by atoms with E-state index < -0.39 is 5.54 Å². The Balaban J connectivity index is 1.73. The fourth-order valence-electron chi connectivity index (χ4n) is 2.03. The summed E-state index contributed by atoms with van der Waals surface area (Å²) in [4.78, 5) is 4.33. The Hall–Kier alpha value is -1.66. The Labute approximate surface area is 117 Å². The quantitative estimate of drug-likeness (QED) is 0.902. The molecular weight excluding hydrogens is 258 g/mol. The summed E-state index contributed by atoms with van der Waals surface area (Å²) in [6, 6.07) is 1.85. The maximum absolute atomic E-state index is 6.23. The van der Waals surface area contributed by atoms with Crippen LogP contribution in [0.1, 0.15) is 37.6 Å². The van der Waals surface area contributed by atoms with E-state index in [1.807, 2.05) is 19.9 Å². The standard InChI is InChI=1S/C14H19N3O3/c1-9-6-7-18-11(9)12-16-13(17-20-12)14(2,15)8-19-10-4-3-5-10/h6-7,10H,3-5,8,15H2,1-2H3. The van der Waals surface area contributed by atoms with Crippen molar-refractivity contribution in [3.8, 4) is 11.7 Å². The molecule has 1 saturated carbocycles. The highest BCUT2D eigenvalue weighted by Crippen LogP contribution is 2.27. The second kappa shape index (κ2) is 5.03. The molecule has 2 N–H and O–H groups in total. The van der Waals surface area contributed by atoms with Gasteiger partial charge in [0.05, 0.1) is 19.0 Å². The van der Waals surface area contributed by atoms with E-state index in [1.165, 1.54) is 6.42 Å². The predicted molar refractivity (Wildman–Crippen MR) is 71.9 cm³/mol. The molecule has 1 aliphatic rings. The molecule has 1 atom stereocenters. The molecule has 3 rings (SSSR count). The number of aryl methyl sites for hydroxylation is 1. The highest BCUT2D eigenvalue weighted by molar-refractivity contribution is 5.49. The molecular formula is C14H19N3O3. The molecule has 2 aromatic rings. The maximum Gasteiger partial charge on any atom is 0.293 e. The van der Waals surface area contributed by atoms with Crippen molar-refractivity contribution in [1.29, 1.82) is 0 Å². The first-order valence-electron chi connectivity index (χ1n) is 6.85. The summed E-state index contributed by atoms with van der Waals surface area (Å²) in [5, 5.41) is 3.96. The van der Waals surface area contributed by atoms with Crippen molar-refractivity contribution in [1.82, 2.24) is 10.1 Å². The van der Waals surface area contributed by atoms with E-state index >= 15 is 0 Å². The summed E-state index contributed by atoms with van der Waals surface area (Å²) in [6.07, 6.45) is 5.38. The van der Waals surface area contributed by atoms with Crippen molar-refractivity contribution in [2.75, 3.05) is 6.61 Å². The zero-order chi connectivity index (χ0) is 14.2. The number of hydrogen-bond donors (Lipinski definition) is 1. The third-order valence-corrected chi connectivity index (χ3v) is 3.66. The molecule has 6 heteroatoms. The van der Waals surface area contributed by atoms with Crippen molar-refractivity contribution in [2.24, 2.45) is 5.73 Å². The molecule has 1 aliphatic carbocycles. The monoisotopic (exact) mass is 277 g/mol. The molecule has 108 valence electrons. The summed E-state index contributed by atoms with van der Waals surface area (Å²) in [5.41, 5.74) is 6.41. The van der Waals surface area contributed by atoms with Crippen LogP contribution in [0.2, 0.25) is 0 Å². The summed E-state index contributed by atoms with van der Waals surface area (Å²) in [5.74, 6) is 1.37. The van der Waals surface area contributed by atoms with Crippen LogP contribution >= 0.6 is 0 Å². The molecule has 0 spiro atoms. The normalized spacial score (nSPS) is 18.8. The van der Waals surface area contributed by atoms with E-state index in [2.05, 4.69) is 10.1 Å². The lowest BCUT2D eigenvalue weighted by atomic mass is 9.95. The Kier molecular flexibility index (Phi) is 3.35. The van der Waals surface area contributed by atoms with E-state index in [9.17, 15) is 0 Å². The van der Waals surface area contributed by atoms with Gasteiger partial charge in [-0.25, -0.2) is 0 Å². The Morgan fingerprint density at radius 3 is 2.90 bits per heavy atom. The highest BCUT2D eigenvalue weighted by atomic mass is 16.5. The largest absolute Gasteiger partial charge is 0.459 e. The van der Waals surface area contributed by atoms with Gasteiger partial charge in [0.1, 0.15) is 5.54 Å². The van der Waals surface area contributed by atoms with Crippen molar-refractivity contribution >= 4 is 0 Å². The minimum atomic E-state index is -0.766. The van der Waals surface area contributed by atoms with Gasteiger partial charge < -0.3 is 19.4 Å². The molecule has 0 amide bonds. The number of nitrogens with two attached hydrogens (primary N) is 1. The molecule has 1 unspecified atom stereocenters. The molecule has 6 nitrogen and oxygen atoms in total.